The van der Waals surface area contributed by atoms with Gasteiger partial charge in [-0.05, 0) is 31.9 Å². The van der Waals surface area contributed by atoms with E-state index in [2.05, 4.69) is 15.8 Å². The maximum Gasteiger partial charge on any atom is 0.319 e. The minimum absolute atomic E-state index is 0.0521. The molecule has 0 aromatic heterocycles. The number of rotatable bonds is 3. The predicted octanol–water partition coefficient (Wildman–Crippen LogP) is 2.59. The van der Waals surface area contributed by atoms with Crippen molar-refractivity contribution in [3.8, 4) is 0 Å². The van der Waals surface area contributed by atoms with E-state index in [4.69, 9.17) is 4.84 Å². The Balaban J connectivity index is 1.85. The van der Waals surface area contributed by atoms with E-state index in [9.17, 15) is 4.79 Å². The van der Waals surface area contributed by atoms with Crippen LogP contribution in [0.15, 0.2) is 23.4 Å². The molecule has 0 aliphatic carbocycles. The van der Waals surface area contributed by atoms with Crippen LogP contribution in [-0.4, -0.2) is 24.4 Å². The Kier molecular flexibility index (Phi) is 4.04. The van der Waals surface area contributed by atoms with Crippen molar-refractivity contribution in [3.05, 3.63) is 29.3 Å². The zero-order valence-corrected chi connectivity index (χ0v) is 11.5. The number of aryl methyl sites for hydroxylation is 2. The van der Waals surface area contributed by atoms with Crippen molar-refractivity contribution >= 4 is 17.4 Å². The summed E-state index contributed by atoms with van der Waals surface area (Å²) in [4.78, 5) is 17.0. The molecule has 19 heavy (non-hydrogen) atoms. The summed E-state index contributed by atoms with van der Waals surface area (Å²) in [7, 11) is 0. The summed E-state index contributed by atoms with van der Waals surface area (Å²) in [6.45, 7) is 6.31. The van der Waals surface area contributed by atoms with Crippen LogP contribution in [0.4, 0.5) is 10.5 Å². The molecule has 102 valence electrons. The third kappa shape index (κ3) is 3.47. The first kappa shape index (κ1) is 13.4. The van der Waals surface area contributed by atoms with Gasteiger partial charge in [0.2, 0.25) is 0 Å². The van der Waals surface area contributed by atoms with Crippen molar-refractivity contribution in [2.75, 3.05) is 11.9 Å². The van der Waals surface area contributed by atoms with E-state index in [1.54, 1.807) is 0 Å². The van der Waals surface area contributed by atoms with Crippen LogP contribution in [0.1, 0.15) is 24.5 Å². The molecule has 0 bridgehead atoms. The highest BCUT2D eigenvalue weighted by Crippen LogP contribution is 2.19. The number of anilines is 1. The van der Waals surface area contributed by atoms with E-state index >= 15 is 0 Å². The Morgan fingerprint density at radius 1 is 1.37 bits per heavy atom. The molecule has 2 N–H and O–H groups in total. The van der Waals surface area contributed by atoms with Gasteiger partial charge in [-0.25, -0.2) is 4.79 Å². The van der Waals surface area contributed by atoms with Gasteiger partial charge in [0.05, 0.1) is 12.3 Å². The summed E-state index contributed by atoms with van der Waals surface area (Å²) >= 11 is 0. The van der Waals surface area contributed by atoms with Crippen LogP contribution in [0.2, 0.25) is 0 Å². The predicted molar refractivity (Wildman–Crippen MR) is 75.5 cm³/mol. The largest absolute Gasteiger partial charge is 0.390 e. The molecule has 1 aromatic rings. The molecule has 5 heteroatoms. The highest BCUT2D eigenvalue weighted by atomic mass is 16.6. The van der Waals surface area contributed by atoms with E-state index in [1.165, 1.54) is 0 Å². The summed E-state index contributed by atoms with van der Waals surface area (Å²) in [5.74, 6) is 0. The summed E-state index contributed by atoms with van der Waals surface area (Å²) in [5.41, 5.74) is 3.92. The van der Waals surface area contributed by atoms with Gasteiger partial charge in [-0.1, -0.05) is 23.4 Å². The Morgan fingerprint density at radius 3 is 2.63 bits per heavy atom. The number of carbonyl (C=O) groups excluding carboxylic acids is 1. The normalized spacial score (nSPS) is 17.6. The van der Waals surface area contributed by atoms with Crippen molar-refractivity contribution in [2.24, 2.45) is 5.16 Å². The van der Waals surface area contributed by atoms with Crippen molar-refractivity contribution < 1.29 is 9.63 Å². The summed E-state index contributed by atoms with van der Waals surface area (Å²) in [6, 6.07) is 5.70. The lowest BCUT2D eigenvalue weighted by Crippen LogP contribution is -2.35. The first-order chi connectivity index (χ1) is 9.06. The van der Waals surface area contributed by atoms with Gasteiger partial charge in [-0.2, -0.15) is 0 Å². The van der Waals surface area contributed by atoms with Gasteiger partial charge in [-0.15, -0.1) is 0 Å². The fourth-order valence-corrected chi connectivity index (χ4v) is 2.05. The maximum absolute atomic E-state index is 11.8. The van der Waals surface area contributed by atoms with Gasteiger partial charge in [0, 0.05) is 12.1 Å². The number of para-hydroxylation sites is 1. The Bertz CT molecular complexity index is 491. The number of urea groups is 1. The summed E-state index contributed by atoms with van der Waals surface area (Å²) in [6.07, 6.45) is 0.715. The minimum atomic E-state index is -0.217. The number of nitrogens with one attached hydrogen (secondary N) is 2. The molecule has 2 amide bonds. The molecule has 2 rings (SSSR count). The fourth-order valence-electron chi connectivity index (χ4n) is 2.05. The van der Waals surface area contributed by atoms with Crippen LogP contribution < -0.4 is 10.6 Å². The molecule has 1 atom stereocenters. The number of oxime groups is 1. The molecule has 0 radical (unpaired) electrons. The maximum atomic E-state index is 11.8. The molecular formula is C14H19N3O2. The first-order valence-electron chi connectivity index (χ1n) is 6.36. The number of benzene rings is 1. The van der Waals surface area contributed by atoms with E-state index in [0.29, 0.717) is 6.54 Å². The third-order valence-corrected chi connectivity index (χ3v) is 3.09. The Morgan fingerprint density at radius 2 is 2.05 bits per heavy atom. The Labute approximate surface area is 113 Å². The van der Waals surface area contributed by atoms with Gasteiger partial charge in [0.25, 0.3) is 0 Å². The molecule has 1 heterocycles. The van der Waals surface area contributed by atoms with Crippen LogP contribution in [0.25, 0.3) is 0 Å². The number of nitrogens with zero attached hydrogens (tertiary/aromatic N) is 1. The van der Waals surface area contributed by atoms with E-state index < -0.39 is 0 Å². The highest BCUT2D eigenvalue weighted by molar-refractivity contribution is 5.91. The van der Waals surface area contributed by atoms with Crippen molar-refractivity contribution in [1.82, 2.24) is 5.32 Å². The lowest BCUT2D eigenvalue weighted by molar-refractivity contribution is 0.0870. The smallest absolute Gasteiger partial charge is 0.319 e. The molecule has 1 aliphatic rings. The minimum Gasteiger partial charge on any atom is -0.390 e. The van der Waals surface area contributed by atoms with Gasteiger partial charge in [0.1, 0.15) is 6.10 Å². The van der Waals surface area contributed by atoms with Gasteiger partial charge < -0.3 is 15.5 Å². The third-order valence-electron chi connectivity index (χ3n) is 3.09. The van der Waals surface area contributed by atoms with Crippen molar-refractivity contribution in [1.29, 1.82) is 0 Å². The second-order valence-corrected chi connectivity index (χ2v) is 4.86. The van der Waals surface area contributed by atoms with Gasteiger partial charge in [-0.3, -0.25) is 0 Å². The SMILES string of the molecule is CC1=NO[C@@H](CNC(=O)Nc2c(C)cccc2C)C1. The summed E-state index contributed by atoms with van der Waals surface area (Å²) < 4.78 is 0. The number of amides is 2. The van der Waals surface area contributed by atoms with Gasteiger partial charge in [0.15, 0.2) is 0 Å². The molecule has 0 spiro atoms. The Hall–Kier alpha value is -2.04. The quantitative estimate of drug-likeness (QED) is 0.878. The second kappa shape index (κ2) is 5.73. The molecule has 1 aromatic carbocycles. The average molecular weight is 261 g/mol. The number of hydrogen-bond donors (Lipinski definition) is 2. The van der Waals surface area contributed by atoms with Gasteiger partial charge >= 0.3 is 6.03 Å². The van der Waals surface area contributed by atoms with E-state index in [0.717, 1.165) is 28.9 Å². The molecule has 0 saturated heterocycles. The number of hydrogen-bond acceptors (Lipinski definition) is 3. The fraction of sp³-hybridized carbons (Fsp3) is 0.429. The molecule has 5 nitrogen and oxygen atoms in total. The number of carbonyl (C=O) groups is 1. The van der Waals surface area contributed by atoms with Crippen LogP contribution in [0, 0.1) is 13.8 Å². The topological polar surface area (TPSA) is 62.7 Å². The van der Waals surface area contributed by atoms with E-state index in [1.807, 2.05) is 39.0 Å². The van der Waals surface area contributed by atoms with Crippen LogP contribution in [0.5, 0.6) is 0 Å². The monoisotopic (exact) mass is 261 g/mol. The molecule has 1 aliphatic heterocycles. The lowest BCUT2D eigenvalue weighted by atomic mass is 10.1. The highest BCUT2D eigenvalue weighted by Gasteiger charge is 2.18. The molecule has 0 unspecified atom stereocenters. The zero-order valence-electron chi connectivity index (χ0n) is 11.5. The molecular weight excluding hydrogens is 242 g/mol. The zero-order chi connectivity index (χ0) is 13.8. The lowest BCUT2D eigenvalue weighted by Gasteiger charge is -2.14. The van der Waals surface area contributed by atoms with Crippen LogP contribution in [-0.2, 0) is 4.84 Å². The van der Waals surface area contributed by atoms with Crippen LogP contribution >= 0.6 is 0 Å². The first-order valence-corrected chi connectivity index (χ1v) is 6.36. The second-order valence-electron chi connectivity index (χ2n) is 4.86. The van der Waals surface area contributed by atoms with Crippen LogP contribution in [0.3, 0.4) is 0 Å². The van der Waals surface area contributed by atoms with Crippen molar-refractivity contribution in [3.63, 3.8) is 0 Å². The van der Waals surface area contributed by atoms with Crippen molar-refractivity contribution in [2.45, 2.75) is 33.3 Å². The summed E-state index contributed by atoms with van der Waals surface area (Å²) in [5, 5.41) is 9.52. The van der Waals surface area contributed by atoms with E-state index in [-0.39, 0.29) is 12.1 Å². The average Bonchev–Trinajstić information content (AvgIpc) is 2.77. The standard InChI is InChI=1S/C14H19N3O2/c1-9-5-4-6-10(2)13(9)16-14(18)15-8-12-7-11(3)17-19-12/h4-6,12H,7-8H2,1-3H3,(H2,15,16,18)/t12-/m1/s1. The molecule has 0 fully saturated rings. The molecule has 0 saturated carbocycles.